The molecule has 11 amide bonds. The van der Waals surface area contributed by atoms with Crippen LogP contribution in [0.1, 0.15) is 130 Å². The van der Waals surface area contributed by atoms with Crippen LogP contribution >= 0.6 is 0 Å². The summed E-state index contributed by atoms with van der Waals surface area (Å²) in [4.78, 5) is 171. The zero-order valence-corrected chi connectivity index (χ0v) is 52.8. The third kappa shape index (κ3) is 17.4. The first-order valence-corrected chi connectivity index (χ1v) is 29.3. The number of hydrogen-bond donors (Lipinski definition) is 11. The fourth-order valence-electron chi connectivity index (χ4n) is 9.48. The molecule has 94 heavy (non-hydrogen) atoms. The highest BCUT2D eigenvalue weighted by Crippen LogP contribution is 2.20. The Balaban J connectivity index is 0.709. The molecule has 0 atom stereocenters. The summed E-state index contributed by atoms with van der Waals surface area (Å²) in [6.45, 7) is 1.91. The number of rotatable bonds is 29. The number of nitrogens with one attached hydrogen (secondary N) is 11. The average Bonchev–Trinajstić information content (AvgIpc) is 2.10. The van der Waals surface area contributed by atoms with Gasteiger partial charge in [0.2, 0.25) is 35.2 Å². The van der Waals surface area contributed by atoms with Crippen LogP contribution in [0.3, 0.4) is 0 Å². The van der Waals surface area contributed by atoms with Gasteiger partial charge in [0.15, 0.2) is 23.3 Å². The first kappa shape index (κ1) is 67.7. The lowest BCUT2D eigenvalue weighted by Crippen LogP contribution is -2.29. The highest BCUT2D eigenvalue weighted by atomic mass is 16.2. The molecular weight excluding hydrogens is 1220 g/mol. The lowest BCUT2D eigenvalue weighted by atomic mass is 10.2. The number of anilines is 7. The number of hydrogen-bond acceptors (Lipinski definition) is 16. The van der Waals surface area contributed by atoms with Crippen LogP contribution in [0.25, 0.3) is 0 Å². The Morgan fingerprint density at radius 2 is 0.649 bits per heavy atom. The third-order valence-corrected chi connectivity index (χ3v) is 14.3. The number of carbonyl (C=O) groups is 12. The minimum atomic E-state index is -0.650. The standard InChI is InChI=1S/C59H71N23O12/c1-10-37(83)13-17-62-53(88)39-24-35(28-78(39)5)67-59(94)51-74-44(32-82(51)9)71-47(86)15-19-64-55(90)41-25-36(29-79(41)6)68-57(92)49-72-42(30-80(49)7)69-45(84)12-11-16-61-52(87)38-23-34(27-76(38)3)66-58(93)50-73-43(31-81(50)8)70-46(85)14-18-63-54(89)40-22-33(26-77(40)4)65-56(91)48-60-20-21-75(48)2/h20-32H,10-19H2,1-9H3,(H,61,87)(H,62,88)(H,63,89)(H,64,90)(H,65,91)(H,66,93)(H,67,94)(H,68,92)(H,69,84)(H,70,85)(H,71,86). The lowest BCUT2D eigenvalue weighted by molar-refractivity contribution is -0.119. The first-order chi connectivity index (χ1) is 44.7. The summed E-state index contributed by atoms with van der Waals surface area (Å²) in [6.07, 6.45) is 14.1. The average molecular weight is 1290 g/mol. The minimum absolute atomic E-state index is 0.0210. The number of nitrogens with zero attached hydrogens (tertiary/aromatic N) is 12. The van der Waals surface area contributed by atoms with E-state index in [0.29, 0.717) is 17.8 Å². The van der Waals surface area contributed by atoms with Gasteiger partial charge in [-0.1, -0.05) is 6.92 Å². The van der Waals surface area contributed by atoms with E-state index in [1.165, 1.54) is 93.4 Å². The highest BCUT2D eigenvalue weighted by molar-refractivity contribution is 6.07. The van der Waals surface area contributed by atoms with Crippen molar-refractivity contribution in [2.45, 2.75) is 45.4 Å². The molecule has 11 N–H and O–H groups in total. The monoisotopic (exact) mass is 1290 g/mol. The molecule has 0 bridgehead atoms. The molecule has 0 unspecified atom stereocenters. The van der Waals surface area contributed by atoms with Crippen LogP contribution in [-0.4, -0.2) is 153 Å². The van der Waals surface area contributed by atoms with Gasteiger partial charge in [-0.25, -0.2) is 19.9 Å². The Morgan fingerprint density at radius 3 is 0.968 bits per heavy atom. The van der Waals surface area contributed by atoms with E-state index in [1.807, 2.05) is 0 Å². The number of ketones is 1. The predicted octanol–water partition coefficient (Wildman–Crippen LogP) is 1.75. The van der Waals surface area contributed by atoms with Gasteiger partial charge in [0.05, 0.1) is 22.7 Å². The maximum absolute atomic E-state index is 13.3. The molecule has 0 aliphatic carbocycles. The van der Waals surface area contributed by atoms with Crippen molar-refractivity contribution < 1.29 is 57.5 Å². The van der Waals surface area contributed by atoms with Crippen molar-refractivity contribution in [1.29, 1.82) is 0 Å². The predicted molar refractivity (Wildman–Crippen MR) is 340 cm³/mol. The molecule has 35 nitrogen and oxygen atoms in total. The lowest BCUT2D eigenvalue weighted by Gasteiger charge is -2.06. The molecule has 0 aromatic carbocycles. The Bertz CT molecular complexity index is 4250. The number of aromatic nitrogens is 12. The summed E-state index contributed by atoms with van der Waals surface area (Å²) >= 11 is 0. The van der Waals surface area contributed by atoms with E-state index >= 15 is 0 Å². The van der Waals surface area contributed by atoms with Crippen molar-refractivity contribution in [2.24, 2.45) is 56.4 Å². The highest BCUT2D eigenvalue weighted by Gasteiger charge is 2.24. The number of amides is 11. The van der Waals surface area contributed by atoms with Crippen LogP contribution < -0.4 is 58.5 Å². The second kappa shape index (κ2) is 30.1. The molecule has 8 heterocycles. The number of imidazole rings is 4. The molecule has 0 aliphatic heterocycles. The molecule has 8 aromatic heterocycles. The van der Waals surface area contributed by atoms with Gasteiger partial charge in [-0.3, -0.25) is 57.5 Å². The molecule has 0 aliphatic rings. The van der Waals surface area contributed by atoms with E-state index in [2.05, 4.69) is 78.4 Å². The fraction of sp³-hybridized carbons (Fsp3) is 0.322. The number of aryl methyl sites for hydroxylation is 8. The Hall–Kier alpha value is -12.2. The van der Waals surface area contributed by atoms with Gasteiger partial charge in [-0.2, -0.15) is 0 Å². The maximum Gasteiger partial charge on any atom is 0.291 e. The normalized spacial score (nSPS) is 10.9. The number of Topliss-reactive ketones (excluding diaryl/α,β-unsaturated/α-hetero) is 1. The SMILES string of the molecule is CCC(=O)CCNC(=O)c1cc(NC(=O)c2nc(NC(=O)CCNC(=O)c3cc(NC(=O)c4nc(NC(=O)CCCNC(=O)c5cc(NC(=O)c6nc(NC(=O)CCNC(=O)c7cc(NC(=O)c8nccn8C)cn7C)cn6C)cn5C)cn4C)cn3C)cn2C)cn1C. The van der Waals surface area contributed by atoms with Crippen molar-refractivity contribution in [3.8, 4) is 0 Å². The molecule has 0 radical (unpaired) electrons. The fourth-order valence-corrected chi connectivity index (χ4v) is 9.48. The smallest absolute Gasteiger partial charge is 0.291 e. The van der Waals surface area contributed by atoms with Crippen molar-refractivity contribution in [3.05, 3.63) is 126 Å². The van der Waals surface area contributed by atoms with Crippen LogP contribution in [0.4, 0.5) is 40.2 Å². The zero-order valence-electron chi connectivity index (χ0n) is 52.8. The van der Waals surface area contributed by atoms with Crippen molar-refractivity contribution >= 4 is 111 Å². The van der Waals surface area contributed by atoms with Crippen LogP contribution in [0.2, 0.25) is 0 Å². The summed E-state index contributed by atoms with van der Waals surface area (Å²) < 4.78 is 11.8. The van der Waals surface area contributed by atoms with Crippen LogP contribution in [0.15, 0.2) is 80.0 Å². The molecule has 0 spiro atoms. The quantitative estimate of drug-likeness (QED) is 0.0298. The van der Waals surface area contributed by atoms with Crippen LogP contribution in [-0.2, 0) is 75.6 Å². The van der Waals surface area contributed by atoms with E-state index in [1.54, 1.807) is 86.5 Å². The second-order valence-corrected chi connectivity index (χ2v) is 21.7. The van der Waals surface area contributed by atoms with Gasteiger partial charge < -0.3 is 95.0 Å². The first-order valence-electron chi connectivity index (χ1n) is 29.3. The molecule has 8 aromatic rings. The second-order valence-electron chi connectivity index (χ2n) is 21.7. The van der Waals surface area contributed by atoms with Gasteiger partial charge in [-0.15, -0.1) is 0 Å². The number of carbonyl (C=O) groups excluding carboxylic acids is 12. The minimum Gasteiger partial charge on any atom is -0.351 e. The van der Waals surface area contributed by atoms with Gasteiger partial charge in [-0.05, 0) is 30.7 Å². The molecular formula is C59H71N23O12. The molecule has 0 fully saturated rings. The van der Waals surface area contributed by atoms with Crippen molar-refractivity contribution in [2.75, 3.05) is 63.4 Å². The van der Waals surface area contributed by atoms with Gasteiger partial charge in [0.25, 0.3) is 47.3 Å². The molecule has 35 heteroatoms. The van der Waals surface area contributed by atoms with E-state index in [0.717, 1.165) is 0 Å². The summed E-state index contributed by atoms with van der Waals surface area (Å²) in [6, 6.07) is 5.85. The Kier molecular flexibility index (Phi) is 21.7. The van der Waals surface area contributed by atoms with E-state index < -0.39 is 65.0 Å². The van der Waals surface area contributed by atoms with Crippen LogP contribution in [0.5, 0.6) is 0 Å². The van der Waals surface area contributed by atoms with Crippen LogP contribution in [0, 0.1) is 0 Å². The summed E-state index contributed by atoms with van der Waals surface area (Å²) in [5.41, 5.74) is 2.07. The van der Waals surface area contributed by atoms with E-state index in [9.17, 15) is 57.5 Å². The van der Waals surface area contributed by atoms with Crippen molar-refractivity contribution in [3.63, 3.8) is 0 Å². The largest absolute Gasteiger partial charge is 0.351 e. The summed E-state index contributed by atoms with van der Waals surface area (Å²) in [5, 5.41) is 29.4. The zero-order chi connectivity index (χ0) is 68.1. The van der Waals surface area contributed by atoms with E-state index in [-0.39, 0.29) is 139 Å². The Labute approximate surface area is 535 Å². The third-order valence-electron chi connectivity index (χ3n) is 14.3. The molecule has 8 rings (SSSR count). The van der Waals surface area contributed by atoms with Crippen molar-refractivity contribution in [1.82, 2.24) is 77.7 Å². The van der Waals surface area contributed by atoms with E-state index in [4.69, 9.17) is 0 Å². The molecule has 0 saturated carbocycles. The summed E-state index contributed by atoms with van der Waals surface area (Å²) in [7, 11) is 12.8. The Morgan fingerprint density at radius 1 is 0.340 bits per heavy atom. The summed E-state index contributed by atoms with van der Waals surface area (Å²) in [5.74, 6) is -5.41. The van der Waals surface area contributed by atoms with Gasteiger partial charge in [0, 0.05) is 170 Å². The topological polar surface area (TPSA) is 428 Å². The van der Waals surface area contributed by atoms with Gasteiger partial charge >= 0.3 is 0 Å². The maximum atomic E-state index is 13.3. The van der Waals surface area contributed by atoms with Gasteiger partial charge in [0.1, 0.15) is 28.6 Å². The molecule has 494 valence electrons. The molecule has 0 saturated heterocycles.